The van der Waals surface area contributed by atoms with Gasteiger partial charge in [-0.25, -0.2) is 0 Å². The molecule has 2 rings (SSSR count). The number of nitrogens with zero attached hydrogens (tertiary/aromatic N) is 1. The molecule has 1 aromatic rings. The van der Waals surface area contributed by atoms with Crippen molar-refractivity contribution in [1.29, 1.82) is 0 Å². The molecule has 1 aliphatic rings. The van der Waals surface area contributed by atoms with Crippen molar-refractivity contribution in [3.63, 3.8) is 0 Å². The topological polar surface area (TPSA) is 50.8 Å². The second-order valence-electron chi connectivity index (χ2n) is 7.36. The Kier molecular flexibility index (Phi) is 7.98. The van der Waals surface area contributed by atoms with Crippen molar-refractivity contribution >= 4 is 12.0 Å². The summed E-state index contributed by atoms with van der Waals surface area (Å²) in [5.74, 6) is 2.14. The first-order valence-corrected chi connectivity index (χ1v) is 9.42. The van der Waals surface area contributed by atoms with Gasteiger partial charge in [-0.15, -0.1) is 0 Å². The molecule has 0 aromatic heterocycles. The summed E-state index contributed by atoms with van der Waals surface area (Å²) in [6.07, 6.45) is 7.95. The van der Waals surface area contributed by atoms with Crippen LogP contribution in [0.4, 0.5) is 0 Å². The molecule has 1 aromatic carbocycles. The molecule has 0 saturated heterocycles. The first-order chi connectivity index (χ1) is 12.5. The molecule has 0 bridgehead atoms. The Bertz CT molecular complexity index is 605. The van der Waals surface area contributed by atoms with Gasteiger partial charge in [-0.05, 0) is 69.5 Å². The van der Waals surface area contributed by atoms with Crippen LogP contribution in [0.2, 0.25) is 0 Å². The lowest BCUT2D eigenvalue weighted by Crippen LogP contribution is -2.36. The van der Waals surface area contributed by atoms with Crippen molar-refractivity contribution in [2.45, 2.75) is 38.6 Å². The first kappa shape index (κ1) is 20.3. The van der Waals surface area contributed by atoms with Crippen LogP contribution in [0.5, 0.6) is 11.5 Å². The summed E-state index contributed by atoms with van der Waals surface area (Å²) in [7, 11) is 5.64. The molecule has 0 atom stereocenters. The summed E-state index contributed by atoms with van der Waals surface area (Å²) in [5, 5.41) is 3.10. The van der Waals surface area contributed by atoms with Crippen LogP contribution < -0.4 is 14.8 Å². The van der Waals surface area contributed by atoms with E-state index in [9.17, 15) is 4.79 Å². The second-order valence-corrected chi connectivity index (χ2v) is 7.36. The molecule has 5 nitrogen and oxygen atoms in total. The lowest BCUT2D eigenvalue weighted by molar-refractivity contribution is -0.117. The van der Waals surface area contributed by atoms with E-state index in [0.717, 1.165) is 30.9 Å². The van der Waals surface area contributed by atoms with Crippen LogP contribution >= 0.6 is 0 Å². The molecule has 1 fully saturated rings. The number of nitrogens with one attached hydrogen (secondary N) is 1. The zero-order valence-electron chi connectivity index (χ0n) is 16.5. The van der Waals surface area contributed by atoms with Crippen LogP contribution in [0.25, 0.3) is 6.08 Å². The third-order valence-electron chi connectivity index (χ3n) is 4.77. The number of carbonyl (C=O) groups excluding carboxylic acids is 1. The number of ether oxygens (including phenoxy) is 2. The van der Waals surface area contributed by atoms with Gasteiger partial charge in [0.2, 0.25) is 5.91 Å². The Balaban J connectivity index is 1.89. The number of amides is 1. The molecule has 1 saturated carbocycles. The molecule has 0 unspecified atom stereocenters. The van der Waals surface area contributed by atoms with E-state index in [-0.39, 0.29) is 5.91 Å². The van der Waals surface area contributed by atoms with Gasteiger partial charge >= 0.3 is 0 Å². The highest BCUT2D eigenvalue weighted by atomic mass is 16.5. The summed E-state index contributed by atoms with van der Waals surface area (Å²) in [6.45, 7) is 3.71. The monoisotopic (exact) mass is 360 g/mol. The van der Waals surface area contributed by atoms with E-state index < -0.39 is 0 Å². The number of likely N-dealkylation sites (N-methyl/N-ethyl adjacent to an activating group) is 1. The van der Waals surface area contributed by atoms with E-state index >= 15 is 0 Å². The van der Waals surface area contributed by atoms with Gasteiger partial charge in [0, 0.05) is 18.7 Å². The Hall–Kier alpha value is -2.01. The fraction of sp³-hybridized carbons (Fsp3) is 0.571. The van der Waals surface area contributed by atoms with Crippen molar-refractivity contribution in [1.82, 2.24) is 10.2 Å². The molecule has 144 valence electrons. The summed E-state index contributed by atoms with van der Waals surface area (Å²) in [5.41, 5.74) is 0.911. The van der Waals surface area contributed by atoms with Gasteiger partial charge in [0.25, 0.3) is 0 Å². The van der Waals surface area contributed by atoms with Gasteiger partial charge in [0.05, 0.1) is 7.11 Å². The SMILES string of the molecule is COc1cc(C=CC(=O)N[C@H]2CC[C@@H](C)CC2)ccc1OCCN(C)C. The van der Waals surface area contributed by atoms with Gasteiger partial charge in [-0.3, -0.25) is 4.79 Å². The Morgan fingerprint density at radius 3 is 2.62 bits per heavy atom. The van der Waals surface area contributed by atoms with Crippen LogP contribution in [-0.4, -0.2) is 51.2 Å². The summed E-state index contributed by atoms with van der Waals surface area (Å²) in [6, 6.07) is 6.01. The van der Waals surface area contributed by atoms with E-state index in [0.29, 0.717) is 24.1 Å². The first-order valence-electron chi connectivity index (χ1n) is 9.42. The zero-order valence-corrected chi connectivity index (χ0v) is 16.5. The number of benzene rings is 1. The molecular weight excluding hydrogens is 328 g/mol. The van der Waals surface area contributed by atoms with Crippen molar-refractivity contribution in [2.24, 2.45) is 5.92 Å². The maximum Gasteiger partial charge on any atom is 0.244 e. The van der Waals surface area contributed by atoms with Crippen LogP contribution in [0.3, 0.4) is 0 Å². The maximum absolute atomic E-state index is 12.1. The standard InChI is InChI=1S/C21H32N2O3/c1-16-5-9-18(10-6-16)22-21(24)12-8-17-7-11-19(20(15-17)25-4)26-14-13-23(2)3/h7-8,11-12,15-16,18H,5-6,9-10,13-14H2,1-4H3,(H,22,24)/t16-,18+. The van der Waals surface area contributed by atoms with E-state index in [4.69, 9.17) is 9.47 Å². The highest BCUT2D eigenvalue weighted by Crippen LogP contribution is 2.28. The largest absolute Gasteiger partial charge is 0.493 e. The summed E-state index contributed by atoms with van der Waals surface area (Å²) >= 11 is 0. The number of rotatable bonds is 8. The molecule has 0 radical (unpaired) electrons. The van der Waals surface area contributed by atoms with Gasteiger partial charge in [0.1, 0.15) is 6.61 Å². The van der Waals surface area contributed by atoms with E-state index in [1.54, 1.807) is 13.2 Å². The minimum atomic E-state index is -0.0326. The fourth-order valence-corrected chi connectivity index (χ4v) is 3.07. The van der Waals surface area contributed by atoms with Gasteiger partial charge < -0.3 is 19.7 Å². The Morgan fingerprint density at radius 2 is 1.96 bits per heavy atom. The van der Waals surface area contributed by atoms with Gasteiger partial charge in [-0.2, -0.15) is 0 Å². The van der Waals surface area contributed by atoms with E-state index in [2.05, 4.69) is 17.1 Å². The summed E-state index contributed by atoms with van der Waals surface area (Å²) in [4.78, 5) is 14.2. The predicted octanol–water partition coefficient (Wildman–Crippen LogP) is 3.34. The van der Waals surface area contributed by atoms with Crippen molar-refractivity contribution in [2.75, 3.05) is 34.4 Å². The lowest BCUT2D eigenvalue weighted by atomic mass is 9.87. The lowest BCUT2D eigenvalue weighted by Gasteiger charge is -2.26. The molecule has 5 heteroatoms. The predicted molar refractivity (Wildman–Crippen MR) is 106 cm³/mol. The maximum atomic E-state index is 12.1. The molecule has 0 heterocycles. The summed E-state index contributed by atoms with van der Waals surface area (Å²) < 4.78 is 11.2. The average molecular weight is 360 g/mol. The smallest absolute Gasteiger partial charge is 0.244 e. The van der Waals surface area contributed by atoms with Gasteiger partial charge in [-0.1, -0.05) is 13.0 Å². The number of hydrogen-bond acceptors (Lipinski definition) is 4. The molecule has 0 spiro atoms. The fourth-order valence-electron chi connectivity index (χ4n) is 3.07. The highest BCUT2D eigenvalue weighted by molar-refractivity contribution is 5.92. The van der Waals surface area contributed by atoms with E-state index in [1.807, 2.05) is 38.4 Å². The number of hydrogen-bond donors (Lipinski definition) is 1. The molecule has 0 aliphatic heterocycles. The molecular formula is C21H32N2O3. The molecule has 26 heavy (non-hydrogen) atoms. The van der Waals surface area contributed by atoms with Crippen molar-refractivity contribution in [3.8, 4) is 11.5 Å². The molecule has 1 amide bonds. The van der Waals surface area contributed by atoms with Crippen LogP contribution in [0.1, 0.15) is 38.2 Å². The Morgan fingerprint density at radius 1 is 1.23 bits per heavy atom. The van der Waals surface area contributed by atoms with Crippen molar-refractivity contribution in [3.05, 3.63) is 29.8 Å². The Labute approximate surface area is 157 Å². The average Bonchev–Trinajstić information content (AvgIpc) is 2.62. The minimum absolute atomic E-state index is 0.0326. The van der Waals surface area contributed by atoms with Crippen LogP contribution in [0.15, 0.2) is 24.3 Å². The second kappa shape index (κ2) is 10.2. The quantitative estimate of drug-likeness (QED) is 0.723. The van der Waals surface area contributed by atoms with Crippen LogP contribution in [-0.2, 0) is 4.79 Å². The third-order valence-corrected chi connectivity index (χ3v) is 4.77. The third kappa shape index (κ3) is 6.71. The normalized spacial score (nSPS) is 20.3. The zero-order chi connectivity index (χ0) is 18.9. The number of methoxy groups -OCH3 is 1. The minimum Gasteiger partial charge on any atom is -0.493 e. The molecule has 1 aliphatic carbocycles. The van der Waals surface area contributed by atoms with Gasteiger partial charge in [0.15, 0.2) is 11.5 Å². The van der Waals surface area contributed by atoms with Crippen LogP contribution in [0, 0.1) is 5.92 Å². The molecule has 1 N–H and O–H groups in total. The van der Waals surface area contributed by atoms with Crippen molar-refractivity contribution < 1.29 is 14.3 Å². The highest BCUT2D eigenvalue weighted by Gasteiger charge is 2.18. The number of carbonyl (C=O) groups is 1. The van der Waals surface area contributed by atoms with E-state index in [1.165, 1.54) is 12.8 Å².